The molecule has 0 amide bonds. The third-order valence-electron chi connectivity index (χ3n) is 2.91. The molecule has 0 spiro atoms. The summed E-state index contributed by atoms with van der Waals surface area (Å²) in [5.74, 6) is 0. The molecule has 0 aromatic rings. The van der Waals surface area contributed by atoms with Crippen LogP contribution in [0.3, 0.4) is 0 Å². The summed E-state index contributed by atoms with van der Waals surface area (Å²) >= 11 is 0. The number of unbranched alkanes of at least 4 members (excludes halogenated alkanes) is 5. The van der Waals surface area contributed by atoms with Crippen molar-refractivity contribution in [3.05, 3.63) is 0 Å². The maximum Gasteiger partial charge on any atom is 0.0123 e. The second kappa shape index (κ2) is 7.37. The lowest BCUT2D eigenvalue weighted by atomic mass is 9.92. The van der Waals surface area contributed by atoms with Crippen molar-refractivity contribution >= 4 is 0 Å². The number of hydrogen-bond donors (Lipinski definition) is 1. The molecule has 2 N–H and O–H groups in total. The van der Waals surface area contributed by atoms with Crippen molar-refractivity contribution < 1.29 is 0 Å². The summed E-state index contributed by atoms with van der Waals surface area (Å²) in [4.78, 5) is 0. The summed E-state index contributed by atoms with van der Waals surface area (Å²) in [7, 11) is 0. The molecule has 0 bridgehead atoms. The Labute approximate surface area is 84.1 Å². The van der Waals surface area contributed by atoms with Crippen LogP contribution in [0.4, 0.5) is 0 Å². The van der Waals surface area contributed by atoms with Crippen LogP contribution in [0.15, 0.2) is 0 Å². The Morgan fingerprint density at radius 2 is 1.46 bits per heavy atom. The second-order valence-electron chi connectivity index (χ2n) is 4.53. The molecule has 0 fully saturated rings. The van der Waals surface area contributed by atoms with Gasteiger partial charge in [-0.25, -0.2) is 0 Å². The van der Waals surface area contributed by atoms with Crippen molar-refractivity contribution in [1.29, 1.82) is 0 Å². The smallest absolute Gasteiger partial charge is 0.0123 e. The van der Waals surface area contributed by atoms with Gasteiger partial charge in [0.25, 0.3) is 0 Å². The molecule has 0 rings (SSSR count). The van der Waals surface area contributed by atoms with E-state index in [4.69, 9.17) is 5.73 Å². The summed E-state index contributed by atoms with van der Waals surface area (Å²) in [6, 6.07) is 0. The van der Waals surface area contributed by atoms with Crippen LogP contribution < -0.4 is 5.73 Å². The lowest BCUT2D eigenvalue weighted by Crippen LogP contribution is -2.34. The quantitative estimate of drug-likeness (QED) is 0.571. The van der Waals surface area contributed by atoms with Crippen LogP contribution in [0, 0.1) is 0 Å². The van der Waals surface area contributed by atoms with Crippen molar-refractivity contribution in [2.24, 2.45) is 5.73 Å². The van der Waals surface area contributed by atoms with Crippen molar-refractivity contribution in [2.75, 3.05) is 0 Å². The maximum absolute atomic E-state index is 6.06. The standard InChI is InChI=1S/C12H27N/c1-4-6-7-8-9-10-11-12(3,13)5-2/h4-11,13H2,1-3H3. The van der Waals surface area contributed by atoms with Crippen molar-refractivity contribution in [1.82, 2.24) is 0 Å². The Bertz CT molecular complexity index is 108. The van der Waals surface area contributed by atoms with E-state index >= 15 is 0 Å². The van der Waals surface area contributed by atoms with E-state index in [0.717, 1.165) is 6.42 Å². The highest BCUT2D eigenvalue weighted by atomic mass is 14.7. The Morgan fingerprint density at radius 3 is 2.00 bits per heavy atom. The molecule has 1 unspecified atom stereocenters. The van der Waals surface area contributed by atoms with Crippen LogP contribution >= 0.6 is 0 Å². The molecule has 0 aliphatic rings. The lowest BCUT2D eigenvalue weighted by molar-refractivity contribution is 0.395. The van der Waals surface area contributed by atoms with Crippen LogP contribution in [-0.2, 0) is 0 Å². The van der Waals surface area contributed by atoms with Gasteiger partial charge in [-0.1, -0.05) is 52.4 Å². The molecule has 0 radical (unpaired) electrons. The topological polar surface area (TPSA) is 26.0 Å². The lowest BCUT2D eigenvalue weighted by Gasteiger charge is -2.22. The van der Waals surface area contributed by atoms with Gasteiger partial charge < -0.3 is 5.73 Å². The van der Waals surface area contributed by atoms with Gasteiger partial charge in [0.2, 0.25) is 0 Å². The van der Waals surface area contributed by atoms with E-state index in [-0.39, 0.29) is 5.54 Å². The molecule has 80 valence electrons. The Morgan fingerprint density at radius 1 is 0.923 bits per heavy atom. The minimum Gasteiger partial charge on any atom is -0.325 e. The third-order valence-corrected chi connectivity index (χ3v) is 2.91. The summed E-state index contributed by atoms with van der Waals surface area (Å²) < 4.78 is 0. The highest BCUT2D eigenvalue weighted by Gasteiger charge is 2.13. The van der Waals surface area contributed by atoms with Gasteiger partial charge in [-0.15, -0.1) is 0 Å². The predicted molar refractivity (Wildman–Crippen MR) is 60.9 cm³/mol. The first-order valence-electron chi connectivity index (χ1n) is 5.91. The maximum atomic E-state index is 6.06. The van der Waals surface area contributed by atoms with Gasteiger partial charge in [0, 0.05) is 5.54 Å². The van der Waals surface area contributed by atoms with Crippen molar-refractivity contribution in [3.63, 3.8) is 0 Å². The van der Waals surface area contributed by atoms with E-state index in [9.17, 15) is 0 Å². The summed E-state index contributed by atoms with van der Waals surface area (Å²) in [5, 5.41) is 0. The number of nitrogens with two attached hydrogens (primary N) is 1. The van der Waals surface area contributed by atoms with Crippen molar-refractivity contribution in [2.45, 2.75) is 77.7 Å². The fraction of sp³-hybridized carbons (Fsp3) is 1.00. The molecule has 0 aliphatic heterocycles. The van der Waals surface area contributed by atoms with E-state index in [1.54, 1.807) is 0 Å². The van der Waals surface area contributed by atoms with E-state index in [0.29, 0.717) is 0 Å². The average Bonchev–Trinajstić information content (AvgIpc) is 2.11. The van der Waals surface area contributed by atoms with Crippen LogP contribution in [0.25, 0.3) is 0 Å². The van der Waals surface area contributed by atoms with E-state index in [1.807, 2.05) is 0 Å². The van der Waals surface area contributed by atoms with Gasteiger partial charge in [-0.05, 0) is 19.8 Å². The molecule has 1 nitrogen and oxygen atoms in total. The van der Waals surface area contributed by atoms with Crippen LogP contribution in [0.2, 0.25) is 0 Å². The molecule has 0 saturated heterocycles. The molecule has 13 heavy (non-hydrogen) atoms. The molecule has 0 heterocycles. The highest BCUT2D eigenvalue weighted by Crippen LogP contribution is 2.16. The summed E-state index contributed by atoms with van der Waals surface area (Å²) in [5.41, 5.74) is 6.14. The summed E-state index contributed by atoms with van der Waals surface area (Å²) in [6.45, 7) is 6.60. The highest BCUT2D eigenvalue weighted by molar-refractivity contribution is 4.75. The summed E-state index contributed by atoms with van der Waals surface area (Å²) in [6.07, 6.45) is 10.5. The fourth-order valence-corrected chi connectivity index (χ4v) is 1.49. The number of hydrogen-bond acceptors (Lipinski definition) is 1. The number of rotatable bonds is 8. The largest absolute Gasteiger partial charge is 0.325 e. The zero-order valence-electron chi connectivity index (χ0n) is 9.73. The molecule has 0 aromatic heterocycles. The van der Waals surface area contributed by atoms with Gasteiger partial charge >= 0.3 is 0 Å². The van der Waals surface area contributed by atoms with Crippen molar-refractivity contribution in [3.8, 4) is 0 Å². The minimum absolute atomic E-state index is 0.0881. The minimum atomic E-state index is 0.0881. The third kappa shape index (κ3) is 8.29. The molecule has 0 aliphatic carbocycles. The normalized spacial score (nSPS) is 15.7. The Balaban J connectivity index is 3.16. The van der Waals surface area contributed by atoms with E-state index in [1.165, 1.54) is 44.9 Å². The fourth-order valence-electron chi connectivity index (χ4n) is 1.49. The zero-order chi connectivity index (χ0) is 10.2. The van der Waals surface area contributed by atoms with Crippen LogP contribution in [0.1, 0.15) is 72.1 Å². The Hall–Kier alpha value is -0.0400. The first kappa shape index (κ1) is 13.0. The first-order chi connectivity index (χ1) is 6.12. The van der Waals surface area contributed by atoms with Gasteiger partial charge in [0.1, 0.15) is 0 Å². The van der Waals surface area contributed by atoms with Gasteiger partial charge in [-0.2, -0.15) is 0 Å². The molecule has 0 aromatic carbocycles. The molecule has 0 saturated carbocycles. The van der Waals surface area contributed by atoms with Gasteiger partial charge in [0.15, 0.2) is 0 Å². The molecule has 1 atom stereocenters. The monoisotopic (exact) mass is 185 g/mol. The van der Waals surface area contributed by atoms with Gasteiger partial charge in [-0.3, -0.25) is 0 Å². The van der Waals surface area contributed by atoms with Crippen LogP contribution in [-0.4, -0.2) is 5.54 Å². The van der Waals surface area contributed by atoms with E-state index < -0.39 is 0 Å². The molecule has 1 heteroatoms. The molecular weight excluding hydrogens is 158 g/mol. The average molecular weight is 185 g/mol. The SMILES string of the molecule is CCCCCCCCC(C)(N)CC. The first-order valence-corrected chi connectivity index (χ1v) is 5.91. The molecular formula is C12H27N. The predicted octanol–water partition coefficient (Wildman–Crippen LogP) is 3.86. The second-order valence-corrected chi connectivity index (χ2v) is 4.53. The van der Waals surface area contributed by atoms with Gasteiger partial charge in [0.05, 0.1) is 0 Å². The Kier molecular flexibility index (Phi) is 7.35. The van der Waals surface area contributed by atoms with Crippen LogP contribution in [0.5, 0.6) is 0 Å². The van der Waals surface area contributed by atoms with E-state index in [2.05, 4.69) is 20.8 Å². The zero-order valence-corrected chi connectivity index (χ0v) is 9.73.